The van der Waals surface area contributed by atoms with Gasteiger partial charge in [0.15, 0.2) is 11.5 Å². The fourth-order valence-electron chi connectivity index (χ4n) is 3.14. The lowest BCUT2D eigenvalue weighted by Gasteiger charge is -2.23. The van der Waals surface area contributed by atoms with E-state index in [1.54, 1.807) is 0 Å². The number of hydrogen-bond donors (Lipinski definition) is 1. The molecule has 5 heteroatoms. The number of piperidine rings is 1. The molecule has 1 fully saturated rings. The minimum Gasteiger partial charge on any atom is -0.454 e. The fraction of sp³-hybridized carbons (Fsp3) is 0.438. The summed E-state index contributed by atoms with van der Waals surface area (Å²) in [5.41, 5.74) is 2.53. The molecule has 1 atom stereocenters. The zero-order valence-corrected chi connectivity index (χ0v) is 11.9. The summed E-state index contributed by atoms with van der Waals surface area (Å²) in [6.07, 6.45) is 6.40. The molecule has 21 heavy (non-hydrogen) atoms. The van der Waals surface area contributed by atoms with Crippen LogP contribution in [0.15, 0.2) is 30.7 Å². The van der Waals surface area contributed by atoms with Crippen molar-refractivity contribution in [3.63, 3.8) is 0 Å². The Morgan fingerprint density at radius 3 is 3.14 bits per heavy atom. The maximum absolute atomic E-state index is 5.45. The monoisotopic (exact) mass is 285 g/mol. The summed E-state index contributed by atoms with van der Waals surface area (Å²) in [5, 5.41) is 3.47. The van der Waals surface area contributed by atoms with E-state index in [1.807, 2.05) is 18.6 Å². The number of benzene rings is 1. The number of nitrogens with one attached hydrogen (secondary N) is 1. The second-order valence-corrected chi connectivity index (χ2v) is 5.68. The Kier molecular flexibility index (Phi) is 3.27. The van der Waals surface area contributed by atoms with Gasteiger partial charge in [0.2, 0.25) is 6.79 Å². The van der Waals surface area contributed by atoms with Crippen LogP contribution >= 0.6 is 0 Å². The quantitative estimate of drug-likeness (QED) is 0.938. The molecule has 0 bridgehead atoms. The van der Waals surface area contributed by atoms with Gasteiger partial charge in [-0.25, -0.2) is 4.98 Å². The zero-order valence-electron chi connectivity index (χ0n) is 11.9. The van der Waals surface area contributed by atoms with E-state index in [-0.39, 0.29) is 0 Å². The summed E-state index contributed by atoms with van der Waals surface area (Å²) in [5.74, 6) is 2.24. The van der Waals surface area contributed by atoms with Crippen LogP contribution in [0.1, 0.15) is 30.0 Å². The predicted molar refractivity (Wildman–Crippen MR) is 78.7 cm³/mol. The molecule has 0 saturated carbocycles. The molecule has 2 aromatic rings. The van der Waals surface area contributed by atoms with E-state index >= 15 is 0 Å². The molecule has 1 saturated heterocycles. The van der Waals surface area contributed by atoms with Crippen LogP contribution in [0.5, 0.6) is 11.5 Å². The zero-order chi connectivity index (χ0) is 14.1. The van der Waals surface area contributed by atoms with Gasteiger partial charge in [0, 0.05) is 30.9 Å². The Hall–Kier alpha value is -2.01. The van der Waals surface area contributed by atoms with E-state index in [1.165, 1.54) is 24.1 Å². The summed E-state index contributed by atoms with van der Waals surface area (Å²) in [7, 11) is 0. The van der Waals surface area contributed by atoms with Gasteiger partial charge in [0.25, 0.3) is 0 Å². The number of ether oxygens (including phenoxy) is 2. The van der Waals surface area contributed by atoms with Crippen LogP contribution in [0.3, 0.4) is 0 Å². The molecule has 110 valence electrons. The fourth-order valence-corrected chi connectivity index (χ4v) is 3.14. The van der Waals surface area contributed by atoms with Gasteiger partial charge in [-0.15, -0.1) is 0 Å². The lowest BCUT2D eigenvalue weighted by atomic mass is 9.96. The van der Waals surface area contributed by atoms with Crippen molar-refractivity contribution in [2.75, 3.05) is 19.9 Å². The molecule has 2 aliphatic rings. The lowest BCUT2D eigenvalue weighted by molar-refractivity contribution is 0.174. The molecule has 1 aromatic carbocycles. The first-order valence-electron chi connectivity index (χ1n) is 7.49. The first-order chi connectivity index (χ1) is 10.4. The molecular weight excluding hydrogens is 266 g/mol. The molecule has 1 unspecified atom stereocenters. The minimum absolute atomic E-state index is 0.322. The highest BCUT2D eigenvalue weighted by molar-refractivity contribution is 5.44. The molecule has 0 amide bonds. The lowest BCUT2D eigenvalue weighted by Crippen LogP contribution is -2.29. The van der Waals surface area contributed by atoms with Crippen LogP contribution in [0.25, 0.3) is 0 Å². The van der Waals surface area contributed by atoms with Gasteiger partial charge in [-0.2, -0.15) is 0 Å². The molecule has 2 aliphatic heterocycles. The molecule has 1 N–H and O–H groups in total. The molecule has 1 aromatic heterocycles. The van der Waals surface area contributed by atoms with E-state index < -0.39 is 0 Å². The van der Waals surface area contributed by atoms with Gasteiger partial charge in [-0.3, -0.25) is 0 Å². The average Bonchev–Trinajstić information content (AvgIpc) is 3.16. The topological polar surface area (TPSA) is 48.3 Å². The summed E-state index contributed by atoms with van der Waals surface area (Å²) in [4.78, 5) is 4.35. The average molecular weight is 285 g/mol. The van der Waals surface area contributed by atoms with Crippen molar-refractivity contribution >= 4 is 0 Å². The number of rotatable bonds is 3. The number of nitrogens with zero attached hydrogens (tertiary/aromatic N) is 2. The normalized spacial score (nSPS) is 20.7. The van der Waals surface area contributed by atoms with Crippen molar-refractivity contribution in [2.45, 2.75) is 25.3 Å². The Morgan fingerprint density at radius 2 is 2.24 bits per heavy atom. The van der Waals surface area contributed by atoms with Crippen molar-refractivity contribution in [2.24, 2.45) is 0 Å². The van der Waals surface area contributed by atoms with Crippen LogP contribution in [-0.4, -0.2) is 29.4 Å². The summed E-state index contributed by atoms with van der Waals surface area (Å²) >= 11 is 0. The van der Waals surface area contributed by atoms with Gasteiger partial charge in [-0.1, -0.05) is 6.07 Å². The third-order valence-electron chi connectivity index (χ3n) is 4.25. The number of imidazole rings is 1. The molecular formula is C16H19N3O2. The second kappa shape index (κ2) is 5.41. The van der Waals surface area contributed by atoms with E-state index in [0.717, 1.165) is 31.1 Å². The first-order valence-corrected chi connectivity index (χ1v) is 7.49. The first kappa shape index (κ1) is 12.7. The Labute approximate surface area is 123 Å². The molecule has 0 spiro atoms. The van der Waals surface area contributed by atoms with Gasteiger partial charge < -0.3 is 19.4 Å². The van der Waals surface area contributed by atoms with Crippen LogP contribution in [0.4, 0.5) is 0 Å². The van der Waals surface area contributed by atoms with Crippen LogP contribution in [0, 0.1) is 0 Å². The largest absolute Gasteiger partial charge is 0.454 e. The highest BCUT2D eigenvalue weighted by Gasteiger charge is 2.19. The molecule has 5 nitrogen and oxygen atoms in total. The van der Waals surface area contributed by atoms with Crippen molar-refractivity contribution in [1.82, 2.24) is 14.9 Å². The summed E-state index contributed by atoms with van der Waals surface area (Å²) in [6.45, 7) is 3.32. The maximum atomic E-state index is 5.45. The van der Waals surface area contributed by atoms with E-state index in [0.29, 0.717) is 12.7 Å². The minimum atomic E-state index is 0.322. The Balaban J connectivity index is 1.56. The number of hydrogen-bond acceptors (Lipinski definition) is 4. The van der Waals surface area contributed by atoms with Crippen LogP contribution in [0.2, 0.25) is 0 Å². The SMILES string of the molecule is c1cc2c(cc1Cn1cncc1C1CCCNC1)OCO2. The highest BCUT2D eigenvalue weighted by atomic mass is 16.7. The third kappa shape index (κ3) is 2.49. The van der Waals surface area contributed by atoms with E-state index in [2.05, 4.69) is 27.0 Å². The van der Waals surface area contributed by atoms with Crippen molar-refractivity contribution < 1.29 is 9.47 Å². The van der Waals surface area contributed by atoms with E-state index in [9.17, 15) is 0 Å². The smallest absolute Gasteiger partial charge is 0.231 e. The van der Waals surface area contributed by atoms with Crippen LogP contribution in [-0.2, 0) is 6.54 Å². The summed E-state index contributed by atoms with van der Waals surface area (Å²) < 4.78 is 13.1. The number of fused-ring (bicyclic) bond motifs is 1. The third-order valence-corrected chi connectivity index (χ3v) is 4.25. The van der Waals surface area contributed by atoms with Gasteiger partial charge in [-0.05, 0) is 37.1 Å². The Morgan fingerprint density at radius 1 is 1.29 bits per heavy atom. The van der Waals surface area contributed by atoms with Gasteiger partial charge in [0.05, 0.1) is 6.33 Å². The molecule has 3 heterocycles. The van der Waals surface area contributed by atoms with Gasteiger partial charge >= 0.3 is 0 Å². The van der Waals surface area contributed by atoms with E-state index in [4.69, 9.17) is 9.47 Å². The summed E-state index contributed by atoms with van der Waals surface area (Å²) in [6, 6.07) is 6.14. The second-order valence-electron chi connectivity index (χ2n) is 5.68. The molecule has 0 aliphatic carbocycles. The van der Waals surface area contributed by atoms with Crippen molar-refractivity contribution in [3.8, 4) is 11.5 Å². The van der Waals surface area contributed by atoms with Crippen molar-refractivity contribution in [1.29, 1.82) is 0 Å². The predicted octanol–water partition coefficient (Wildman–Crippen LogP) is 2.13. The van der Waals surface area contributed by atoms with Gasteiger partial charge in [0.1, 0.15) is 0 Å². The molecule has 0 radical (unpaired) electrons. The molecule has 4 rings (SSSR count). The maximum Gasteiger partial charge on any atom is 0.231 e. The number of aromatic nitrogens is 2. The van der Waals surface area contributed by atoms with Crippen molar-refractivity contribution in [3.05, 3.63) is 42.0 Å². The highest BCUT2D eigenvalue weighted by Crippen LogP contribution is 2.33. The Bertz CT molecular complexity index is 632. The van der Waals surface area contributed by atoms with Crippen LogP contribution < -0.4 is 14.8 Å². The standard InChI is InChI=1S/C16H19N3O2/c1-2-13(7-17-5-1)14-8-18-10-19(14)9-12-3-4-15-16(6-12)21-11-20-15/h3-4,6,8,10,13,17H,1-2,5,7,9,11H2.